The monoisotopic (exact) mass is 277 g/mol. The van der Waals surface area contributed by atoms with Crippen molar-refractivity contribution >= 4 is 11.0 Å². The smallest absolute Gasteiger partial charge is 0.125 e. The molecule has 0 spiro atoms. The van der Waals surface area contributed by atoms with Crippen LogP contribution >= 0.6 is 0 Å². The first-order chi connectivity index (χ1) is 9.69. The maximum Gasteiger partial charge on any atom is 0.125 e. The maximum absolute atomic E-state index is 13.3. The van der Waals surface area contributed by atoms with E-state index in [4.69, 9.17) is 5.11 Å². The summed E-state index contributed by atoms with van der Waals surface area (Å²) in [5, 5.41) is 9.09. The largest absolute Gasteiger partial charge is 0.395 e. The van der Waals surface area contributed by atoms with Crippen molar-refractivity contribution in [1.82, 2.24) is 14.5 Å². The molecule has 1 N–H and O–H groups in total. The van der Waals surface area contributed by atoms with E-state index in [1.165, 1.54) is 12.1 Å². The SMILES string of the molecule is C=CCN(CCO)Cc1nc2cc(F)ccc2n1CC. The summed E-state index contributed by atoms with van der Waals surface area (Å²) in [6, 6.07) is 4.67. The van der Waals surface area contributed by atoms with Crippen LogP contribution in [0, 0.1) is 5.82 Å². The van der Waals surface area contributed by atoms with Gasteiger partial charge in [0.2, 0.25) is 0 Å². The molecule has 1 heterocycles. The minimum absolute atomic E-state index is 0.0921. The molecule has 0 amide bonds. The lowest BCUT2D eigenvalue weighted by Crippen LogP contribution is -2.28. The van der Waals surface area contributed by atoms with Gasteiger partial charge in [0.05, 0.1) is 24.2 Å². The molecule has 1 aromatic carbocycles. The first kappa shape index (κ1) is 14.7. The van der Waals surface area contributed by atoms with Crippen molar-refractivity contribution in [1.29, 1.82) is 0 Å². The molecule has 2 rings (SSSR count). The lowest BCUT2D eigenvalue weighted by molar-refractivity contribution is 0.199. The molecule has 0 aliphatic carbocycles. The Hall–Kier alpha value is -1.72. The Balaban J connectivity index is 2.34. The predicted octanol–water partition coefficient (Wildman–Crippen LogP) is 2.18. The number of aromatic nitrogens is 2. The van der Waals surface area contributed by atoms with Gasteiger partial charge in [-0.2, -0.15) is 0 Å². The van der Waals surface area contributed by atoms with Crippen molar-refractivity contribution in [2.75, 3.05) is 19.7 Å². The summed E-state index contributed by atoms with van der Waals surface area (Å²) in [5.41, 5.74) is 1.61. The highest BCUT2D eigenvalue weighted by molar-refractivity contribution is 5.76. The first-order valence-corrected chi connectivity index (χ1v) is 6.78. The molecule has 0 radical (unpaired) electrons. The normalized spacial score (nSPS) is 11.4. The zero-order chi connectivity index (χ0) is 14.5. The number of rotatable bonds is 7. The number of aryl methyl sites for hydroxylation is 1. The second kappa shape index (κ2) is 6.63. The number of hydrogen-bond donors (Lipinski definition) is 1. The zero-order valence-corrected chi connectivity index (χ0v) is 11.7. The number of imidazole rings is 1. The van der Waals surface area contributed by atoms with E-state index in [0.29, 0.717) is 25.2 Å². The topological polar surface area (TPSA) is 41.3 Å². The molecule has 0 saturated heterocycles. The summed E-state index contributed by atoms with van der Waals surface area (Å²) in [7, 11) is 0. The van der Waals surface area contributed by atoms with Gasteiger partial charge < -0.3 is 9.67 Å². The van der Waals surface area contributed by atoms with Crippen LogP contribution in [0.5, 0.6) is 0 Å². The Bertz CT molecular complexity index is 594. The van der Waals surface area contributed by atoms with Crippen LogP contribution in [0.25, 0.3) is 11.0 Å². The van der Waals surface area contributed by atoms with E-state index in [1.54, 1.807) is 12.1 Å². The molecule has 108 valence electrons. The van der Waals surface area contributed by atoms with Crippen LogP contribution in [-0.2, 0) is 13.1 Å². The Morgan fingerprint density at radius 2 is 2.30 bits per heavy atom. The van der Waals surface area contributed by atoms with Crippen LogP contribution in [0.15, 0.2) is 30.9 Å². The molecule has 4 nitrogen and oxygen atoms in total. The van der Waals surface area contributed by atoms with Crippen LogP contribution in [0.2, 0.25) is 0 Å². The Morgan fingerprint density at radius 3 is 2.95 bits per heavy atom. The van der Waals surface area contributed by atoms with Gasteiger partial charge in [0.1, 0.15) is 11.6 Å². The number of aliphatic hydroxyl groups excluding tert-OH is 1. The highest BCUT2D eigenvalue weighted by atomic mass is 19.1. The molecular weight excluding hydrogens is 257 g/mol. The second-order valence-corrected chi connectivity index (χ2v) is 4.65. The quantitative estimate of drug-likeness (QED) is 0.789. The van der Waals surface area contributed by atoms with Gasteiger partial charge in [-0.25, -0.2) is 9.37 Å². The molecule has 1 aromatic heterocycles. The van der Waals surface area contributed by atoms with Gasteiger partial charge in [0.15, 0.2) is 0 Å². The first-order valence-electron chi connectivity index (χ1n) is 6.78. The van der Waals surface area contributed by atoms with Crippen LogP contribution in [0.3, 0.4) is 0 Å². The maximum atomic E-state index is 13.3. The van der Waals surface area contributed by atoms with Crippen molar-refractivity contribution in [2.45, 2.75) is 20.0 Å². The number of benzene rings is 1. The Labute approximate surface area is 118 Å². The average Bonchev–Trinajstić information content (AvgIpc) is 2.75. The second-order valence-electron chi connectivity index (χ2n) is 4.65. The summed E-state index contributed by atoms with van der Waals surface area (Å²) in [4.78, 5) is 6.57. The molecule has 0 fully saturated rings. The zero-order valence-electron chi connectivity index (χ0n) is 11.7. The number of hydrogen-bond acceptors (Lipinski definition) is 3. The highest BCUT2D eigenvalue weighted by Gasteiger charge is 2.13. The summed E-state index contributed by atoms with van der Waals surface area (Å²) in [5.74, 6) is 0.603. The molecule has 0 atom stereocenters. The molecular formula is C15H20FN3O. The molecule has 0 aliphatic heterocycles. The number of fused-ring (bicyclic) bond motifs is 1. The minimum atomic E-state index is -0.275. The van der Waals surface area contributed by atoms with E-state index in [-0.39, 0.29) is 12.4 Å². The molecule has 0 bridgehead atoms. The molecule has 2 aromatic rings. The molecule has 0 saturated carbocycles. The lowest BCUT2D eigenvalue weighted by Gasteiger charge is -2.19. The summed E-state index contributed by atoms with van der Waals surface area (Å²) in [6.07, 6.45) is 1.80. The van der Waals surface area contributed by atoms with Gasteiger partial charge in [-0.05, 0) is 19.1 Å². The van der Waals surface area contributed by atoms with Gasteiger partial charge >= 0.3 is 0 Å². The van der Waals surface area contributed by atoms with E-state index in [1.807, 2.05) is 6.92 Å². The third-order valence-electron chi connectivity index (χ3n) is 3.27. The van der Waals surface area contributed by atoms with Gasteiger partial charge in [-0.15, -0.1) is 6.58 Å². The van der Waals surface area contributed by atoms with E-state index in [0.717, 1.165) is 17.9 Å². The van der Waals surface area contributed by atoms with Gasteiger partial charge in [-0.3, -0.25) is 4.90 Å². The van der Waals surface area contributed by atoms with E-state index < -0.39 is 0 Å². The highest BCUT2D eigenvalue weighted by Crippen LogP contribution is 2.18. The van der Waals surface area contributed by atoms with Crippen molar-refractivity contribution in [2.24, 2.45) is 0 Å². The van der Waals surface area contributed by atoms with Crippen molar-refractivity contribution in [3.05, 3.63) is 42.5 Å². The fraction of sp³-hybridized carbons (Fsp3) is 0.400. The number of aliphatic hydroxyl groups is 1. The van der Waals surface area contributed by atoms with Crippen molar-refractivity contribution in [3.63, 3.8) is 0 Å². The van der Waals surface area contributed by atoms with E-state index in [9.17, 15) is 4.39 Å². The lowest BCUT2D eigenvalue weighted by atomic mass is 10.3. The fourth-order valence-corrected chi connectivity index (χ4v) is 2.39. The van der Waals surface area contributed by atoms with Crippen LogP contribution in [0.4, 0.5) is 4.39 Å². The van der Waals surface area contributed by atoms with E-state index in [2.05, 4.69) is 21.0 Å². The predicted molar refractivity (Wildman–Crippen MR) is 77.9 cm³/mol. The van der Waals surface area contributed by atoms with Gasteiger partial charge in [-0.1, -0.05) is 6.08 Å². The number of nitrogens with zero attached hydrogens (tertiary/aromatic N) is 3. The molecule has 5 heteroatoms. The van der Waals surface area contributed by atoms with Crippen molar-refractivity contribution in [3.8, 4) is 0 Å². The average molecular weight is 277 g/mol. The third-order valence-corrected chi connectivity index (χ3v) is 3.27. The molecule has 0 aliphatic rings. The summed E-state index contributed by atoms with van der Waals surface area (Å²) in [6.45, 7) is 8.48. The molecule has 20 heavy (non-hydrogen) atoms. The third kappa shape index (κ3) is 3.05. The Morgan fingerprint density at radius 1 is 1.50 bits per heavy atom. The van der Waals surface area contributed by atoms with Gasteiger partial charge in [0.25, 0.3) is 0 Å². The van der Waals surface area contributed by atoms with E-state index >= 15 is 0 Å². The van der Waals surface area contributed by atoms with Gasteiger partial charge in [0, 0.05) is 25.7 Å². The van der Waals surface area contributed by atoms with Crippen molar-refractivity contribution < 1.29 is 9.50 Å². The van der Waals surface area contributed by atoms with Crippen LogP contribution in [0.1, 0.15) is 12.7 Å². The molecule has 0 unspecified atom stereocenters. The van der Waals surface area contributed by atoms with Crippen LogP contribution in [-0.4, -0.2) is 39.3 Å². The van der Waals surface area contributed by atoms with Crippen LogP contribution < -0.4 is 0 Å². The Kier molecular flexibility index (Phi) is 4.87. The summed E-state index contributed by atoms with van der Waals surface area (Å²) >= 11 is 0. The standard InChI is InChI=1S/C15H20FN3O/c1-3-7-18(8-9-20)11-15-17-13-10-12(16)5-6-14(13)19(15)4-2/h3,5-6,10,20H,1,4,7-9,11H2,2H3. The number of halogens is 1. The summed E-state index contributed by atoms with van der Waals surface area (Å²) < 4.78 is 15.4. The minimum Gasteiger partial charge on any atom is -0.395 e. The fourth-order valence-electron chi connectivity index (χ4n) is 2.39.